The zero-order chi connectivity index (χ0) is 8.97. The maximum Gasteiger partial charge on any atom is 0.0595 e. The Morgan fingerprint density at radius 1 is 1.17 bits per heavy atom. The van der Waals surface area contributed by atoms with Gasteiger partial charge in [-0.25, -0.2) is 0 Å². The molecule has 0 unspecified atom stereocenters. The maximum absolute atomic E-state index is 5.84. The first kappa shape index (κ1) is 10.2. The van der Waals surface area contributed by atoms with Crippen molar-refractivity contribution in [2.24, 2.45) is 0 Å². The molecule has 1 aromatic carbocycles. The zero-order valence-corrected chi connectivity index (χ0v) is 8.96. The molecular weight excluding hydrogens is 211 g/mol. The average Bonchev–Trinajstić information content (AvgIpc) is 2.07. The summed E-state index contributed by atoms with van der Waals surface area (Å²) in [5.74, 6) is 0.903. The van der Waals surface area contributed by atoms with E-state index in [0.29, 0.717) is 10.0 Å². The van der Waals surface area contributed by atoms with E-state index in [1.165, 1.54) is 5.56 Å². The second kappa shape index (κ2) is 5.00. The van der Waals surface area contributed by atoms with Gasteiger partial charge in [0.05, 0.1) is 10.0 Å². The van der Waals surface area contributed by atoms with E-state index in [1.54, 1.807) is 0 Å². The molecule has 0 N–H and O–H groups in total. The quantitative estimate of drug-likeness (QED) is 0.736. The van der Waals surface area contributed by atoms with Crippen molar-refractivity contribution in [1.82, 2.24) is 0 Å². The van der Waals surface area contributed by atoms with Crippen LogP contribution in [0.25, 0.3) is 0 Å². The Morgan fingerprint density at radius 3 is 2.50 bits per heavy atom. The predicted octanol–water partition coefficient (Wildman–Crippen LogP) is 3.86. The number of halogens is 2. The van der Waals surface area contributed by atoms with E-state index in [2.05, 4.69) is 12.6 Å². The molecule has 0 amide bonds. The Hall–Kier alpha value is 0.150. The van der Waals surface area contributed by atoms with Gasteiger partial charge in [0.15, 0.2) is 0 Å². The molecule has 0 atom stereocenters. The Bertz CT molecular complexity index is 261. The highest BCUT2D eigenvalue weighted by Crippen LogP contribution is 2.23. The summed E-state index contributed by atoms with van der Waals surface area (Å²) >= 11 is 15.7. The lowest BCUT2D eigenvalue weighted by Gasteiger charge is -2.01. The third kappa shape index (κ3) is 2.89. The van der Waals surface area contributed by atoms with E-state index >= 15 is 0 Å². The monoisotopic (exact) mass is 220 g/mol. The smallest absolute Gasteiger partial charge is 0.0595 e. The molecule has 1 aromatic rings. The van der Waals surface area contributed by atoms with Crippen LogP contribution < -0.4 is 0 Å². The summed E-state index contributed by atoms with van der Waals surface area (Å²) in [6.07, 6.45) is 2.08. The summed E-state index contributed by atoms with van der Waals surface area (Å²) in [4.78, 5) is 0. The first-order valence-corrected chi connectivity index (χ1v) is 5.17. The lowest BCUT2D eigenvalue weighted by atomic mass is 10.1. The molecule has 0 nitrogen and oxygen atoms in total. The van der Waals surface area contributed by atoms with Crippen molar-refractivity contribution in [3.05, 3.63) is 33.8 Å². The highest BCUT2D eigenvalue weighted by Gasteiger charge is 1.98. The van der Waals surface area contributed by atoms with Gasteiger partial charge in [0.2, 0.25) is 0 Å². The second-order valence-electron chi connectivity index (χ2n) is 2.58. The standard InChI is InChI=1S/C9H10Cl2S/c10-8-4-3-7(2-1-5-12)6-9(8)11/h3-4,6,12H,1-2,5H2. The Morgan fingerprint density at radius 2 is 1.92 bits per heavy atom. The van der Waals surface area contributed by atoms with Gasteiger partial charge in [-0.1, -0.05) is 29.3 Å². The van der Waals surface area contributed by atoms with Crippen LogP contribution in [0.4, 0.5) is 0 Å². The third-order valence-corrected chi connectivity index (χ3v) is 2.66. The topological polar surface area (TPSA) is 0 Å². The van der Waals surface area contributed by atoms with E-state index in [1.807, 2.05) is 18.2 Å². The molecular formula is C9H10Cl2S. The van der Waals surface area contributed by atoms with E-state index in [-0.39, 0.29) is 0 Å². The van der Waals surface area contributed by atoms with E-state index in [0.717, 1.165) is 18.6 Å². The summed E-state index contributed by atoms with van der Waals surface area (Å²) in [6, 6.07) is 5.74. The number of benzene rings is 1. The van der Waals surface area contributed by atoms with Crippen molar-refractivity contribution in [2.75, 3.05) is 5.75 Å². The van der Waals surface area contributed by atoms with Gasteiger partial charge in [0.1, 0.15) is 0 Å². The number of aryl methyl sites for hydroxylation is 1. The Labute approximate surface area is 88.3 Å². The fourth-order valence-electron chi connectivity index (χ4n) is 0.978. The predicted molar refractivity (Wildman–Crippen MR) is 58.6 cm³/mol. The molecule has 0 aliphatic heterocycles. The van der Waals surface area contributed by atoms with Gasteiger partial charge in [-0.05, 0) is 36.3 Å². The fourth-order valence-corrected chi connectivity index (χ4v) is 1.46. The Kier molecular flexibility index (Phi) is 4.27. The largest absolute Gasteiger partial charge is 0.179 e. The van der Waals surface area contributed by atoms with Crippen molar-refractivity contribution in [3.63, 3.8) is 0 Å². The molecule has 0 spiro atoms. The molecule has 0 aliphatic rings. The number of hydrogen-bond donors (Lipinski definition) is 1. The van der Waals surface area contributed by atoms with Gasteiger partial charge in [-0.15, -0.1) is 0 Å². The molecule has 1 rings (SSSR count). The number of rotatable bonds is 3. The van der Waals surface area contributed by atoms with Crippen molar-refractivity contribution in [2.45, 2.75) is 12.8 Å². The van der Waals surface area contributed by atoms with Gasteiger partial charge in [0, 0.05) is 0 Å². The SMILES string of the molecule is SCCCc1ccc(Cl)c(Cl)c1. The molecule has 0 fully saturated rings. The lowest BCUT2D eigenvalue weighted by Crippen LogP contribution is -1.85. The molecule has 0 bridgehead atoms. The minimum Gasteiger partial charge on any atom is -0.179 e. The van der Waals surface area contributed by atoms with Gasteiger partial charge >= 0.3 is 0 Å². The molecule has 0 saturated carbocycles. The van der Waals surface area contributed by atoms with Crippen molar-refractivity contribution >= 4 is 35.8 Å². The molecule has 3 heteroatoms. The molecule has 0 saturated heterocycles. The van der Waals surface area contributed by atoms with E-state index in [9.17, 15) is 0 Å². The van der Waals surface area contributed by atoms with Crippen LogP contribution in [0.15, 0.2) is 18.2 Å². The number of hydrogen-bond acceptors (Lipinski definition) is 1. The van der Waals surface area contributed by atoms with Crippen LogP contribution in [0.3, 0.4) is 0 Å². The van der Waals surface area contributed by atoms with Gasteiger partial charge < -0.3 is 0 Å². The summed E-state index contributed by atoms with van der Waals surface area (Å²) in [6.45, 7) is 0. The molecule has 0 heterocycles. The average molecular weight is 221 g/mol. The first-order valence-electron chi connectivity index (χ1n) is 3.79. The van der Waals surface area contributed by atoms with Crippen molar-refractivity contribution in [3.8, 4) is 0 Å². The van der Waals surface area contributed by atoms with Crippen LogP contribution in [0.5, 0.6) is 0 Å². The van der Waals surface area contributed by atoms with Gasteiger partial charge in [0.25, 0.3) is 0 Å². The van der Waals surface area contributed by atoms with Gasteiger partial charge in [-0.3, -0.25) is 0 Å². The normalized spacial score (nSPS) is 10.2. The number of thiol groups is 1. The van der Waals surface area contributed by atoms with E-state index < -0.39 is 0 Å². The molecule has 66 valence electrons. The highest BCUT2D eigenvalue weighted by atomic mass is 35.5. The molecule has 0 aromatic heterocycles. The molecule has 0 radical (unpaired) electrons. The Balaban J connectivity index is 2.69. The minimum absolute atomic E-state index is 0.617. The summed E-state index contributed by atoms with van der Waals surface area (Å²) < 4.78 is 0. The zero-order valence-electron chi connectivity index (χ0n) is 6.56. The van der Waals surface area contributed by atoms with Crippen LogP contribution in [0.2, 0.25) is 10.0 Å². The van der Waals surface area contributed by atoms with E-state index in [4.69, 9.17) is 23.2 Å². The van der Waals surface area contributed by atoms with Crippen LogP contribution in [0.1, 0.15) is 12.0 Å². The van der Waals surface area contributed by atoms with Crippen LogP contribution >= 0.6 is 35.8 Å². The van der Waals surface area contributed by atoms with Crippen LogP contribution in [-0.4, -0.2) is 5.75 Å². The highest BCUT2D eigenvalue weighted by molar-refractivity contribution is 7.80. The summed E-state index contributed by atoms with van der Waals surface area (Å²) in [7, 11) is 0. The van der Waals surface area contributed by atoms with Gasteiger partial charge in [-0.2, -0.15) is 12.6 Å². The molecule has 12 heavy (non-hydrogen) atoms. The van der Waals surface area contributed by atoms with Crippen LogP contribution in [0, 0.1) is 0 Å². The third-order valence-electron chi connectivity index (χ3n) is 1.61. The van der Waals surface area contributed by atoms with Crippen molar-refractivity contribution < 1.29 is 0 Å². The van der Waals surface area contributed by atoms with Crippen LogP contribution in [-0.2, 0) is 6.42 Å². The first-order chi connectivity index (χ1) is 5.74. The molecule has 0 aliphatic carbocycles. The van der Waals surface area contributed by atoms with Crippen molar-refractivity contribution in [1.29, 1.82) is 0 Å². The summed E-state index contributed by atoms with van der Waals surface area (Å²) in [5.41, 5.74) is 1.22. The summed E-state index contributed by atoms with van der Waals surface area (Å²) in [5, 5.41) is 1.25. The lowest BCUT2D eigenvalue weighted by molar-refractivity contribution is 0.936. The second-order valence-corrected chi connectivity index (χ2v) is 3.84. The maximum atomic E-state index is 5.84. The fraction of sp³-hybridized carbons (Fsp3) is 0.333. The minimum atomic E-state index is 0.617.